The molecule has 65 heavy (non-hydrogen) atoms. The summed E-state index contributed by atoms with van der Waals surface area (Å²) in [6.45, 7) is 13.2. The zero-order valence-electron chi connectivity index (χ0n) is 41.0. The Labute approximate surface area is 389 Å². The number of H-pyrrole nitrogens is 1. The molecule has 16 nitrogen and oxygen atoms in total. The first-order chi connectivity index (χ1) is 30.7. The lowest BCUT2D eigenvalue weighted by Gasteiger charge is -2.33. The normalized spacial score (nSPS) is 12.9. The summed E-state index contributed by atoms with van der Waals surface area (Å²) in [6.07, 6.45) is 20.7. The molecule has 1 aromatic rings. The number of amides is 3. The van der Waals surface area contributed by atoms with Crippen LogP contribution in [0, 0.1) is 16.7 Å². The van der Waals surface area contributed by atoms with Gasteiger partial charge in [0.1, 0.15) is 18.2 Å². The summed E-state index contributed by atoms with van der Waals surface area (Å²) in [5.41, 5.74) is 3.03. The predicted octanol–water partition coefficient (Wildman–Crippen LogP) is 6.72. The van der Waals surface area contributed by atoms with Gasteiger partial charge in [-0.1, -0.05) is 118 Å². The number of carboxylic acids is 1. The molecule has 1 aromatic heterocycles. The van der Waals surface area contributed by atoms with Crippen molar-refractivity contribution in [3.63, 3.8) is 0 Å². The van der Waals surface area contributed by atoms with E-state index in [2.05, 4.69) is 32.8 Å². The van der Waals surface area contributed by atoms with Crippen molar-refractivity contribution >= 4 is 41.0 Å². The zero-order valence-corrected chi connectivity index (χ0v) is 41.0. The number of carboxylic acid groups (broad SMARTS) is 1. The number of nitrogens with zero attached hydrogens (tertiary/aromatic N) is 1. The zero-order chi connectivity index (χ0) is 48.7. The molecule has 16 heteroatoms. The monoisotopic (exact) mass is 919 g/mol. The van der Waals surface area contributed by atoms with Crippen LogP contribution >= 0.6 is 0 Å². The third-order valence-electron chi connectivity index (χ3n) is 11.9. The lowest BCUT2D eigenvalue weighted by Crippen LogP contribution is -2.56. The molecule has 0 saturated carbocycles. The Hall–Kier alpha value is -4.02. The summed E-state index contributed by atoms with van der Waals surface area (Å²) in [7, 11) is 0. The Bertz CT molecular complexity index is 1560. The van der Waals surface area contributed by atoms with Crippen LogP contribution in [0.3, 0.4) is 0 Å². The minimum absolute atomic E-state index is 0.0344. The fraction of sp³-hybridized carbons (Fsp3) is 0.796. The van der Waals surface area contributed by atoms with Gasteiger partial charge in [-0.15, -0.1) is 0 Å². The molecule has 7 N–H and O–H groups in total. The third kappa shape index (κ3) is 27.3. The van der Waals surface area contributed by atoms with Gasteiger partial charge in [0.05, 0.1) is 43.6 Å². The molecule has 0 radical (unpaired) electrons. The van der Waals surface area contributed by atoms with Gasteiger partial charge in [-0.25, -0.2) is 4.98 Å². The van der Waals surface area contributed by atoms with E-state index in [0.29, 0.717) is 44.7 Å². The van der Waals surface area contributed by atoms with Crippen molar-refractivity contribution in [2.75, 3.05) is 39.5 Å². The van der Waals surface area contributed by atoms with Crippen LogP contribution in [0.4, 0.5) is 0 Å². The molecule has 0 unspecified atom stereocenters. The highest BCUT2D eigenvalue weighted by molar-refractivity contribution is 5.99. The van der Waals surface area contributed by atoms with Crippen molar-refractivity contribution in [2.45, 2.75) is 195 Å². The number of nitrogens with one attached hydrogen (secondary N) is 4. The molecule has 0 aliphatic heterocycles. The van der Waals surface area contributed by atoms with Gasteiger partial charge in [0.2, 0.25) is 17.7 Å². The number of unbranched alkanes of at least 4 members (excludes halogenated alkanes) is 13. The van der Waals surface area contributed by atoms with E-state index in [4.69, 9.17) is 15.2 Å². The van der Waals surface area contributed by atoms with Crippen LogP contribution in [0.15, 0.2) is 12.5 Å². The molecule has 0 fully saturated rings. The van der Waals surface area contributed by atoms with Gasteiger partial charge in [0.25, 0.3) is 0 Å². The molecule has 0 saturated heterocycles. The largest absolute Gasteiger partial charge is 0.481 e. The fourth-order valence-corrected chi connectivity index (χ4v) is 7.30. The molecule has 0 spiro atoms. The third-order valence-corrected chi connectivity index (χ3v) is 11.9. The number of aliphatic carboxylic acids is 1. The number of hydrogen-bond acceptors (Lipinski definition) is 11. The minimum Gasteiger partial charge on any atom is -0.481 e. The first kappa shape index (κ1) is 59.0. The average Bonchev–Trinajstić information content (AvgIpc) is 3.75. The molecule has 2 atom stereocenters. The van der Waals surface area contributed by atoms with Crippen molar-refractivity contribution in [2.24, 2.45) is 22.5 Å². The van der Waals surface area contributed by atoms with Crippen LogP contribution in [-0.4, -0.2) is 107 Å². The first-order valence-corrected chi connectivity index (χ1v) is 24.3. The summed E-state index contributed by atoms with van der Waals surface area (Å²) in [4.78, 5) is 96.2. The van der Waals surface area contributed by atoms with Crippen LogP contribution in [0.25, 0.3) is 0 Å². The number of nitrogens with two attached hydrogens (primary N) is 1. The molecule has 1 heterocycles. The maximum Gasteiger partial charge on any atom is 0.306 e. The quantitative estimate of drug-likeness (QED) is 0.0375. The van der Waals surface area contributed by atoms with Crippen molar-refractivity contribution in [3.8, 4) is 0 Å². The topological polar surface area (TPSA) is 249 Å². The summed E-state index contributed by atoms with van der Waals surface area (Å²) in [5.74, 6) is -3.99. The number of carbonyl (C=O) groups excluding carboxylic acids is 6. The number of imidazole rings is 1. The lowest BCUT2D eigenvalue weighted by molar-refractivity contribution is -0.146. The fourth-order valence-electron chi connectivity index (χ4n) is 7.30. The number of ketones is 3. The van der Waals surface area contributed by atoms with Crippen LogP contribution in [0.2, 0.25) is 0 Å². The van der Waals surface area contributed by atoms with E-state index in [9.17, 15) is 38.7 Å². The number of rotatable bonds is 41. The molecule has 0 bridgehead atoms. The lowest BCUT2D eigenvalue weighted by atomic mass is 9.71. The van der Waals surface area contributed by atoms with E-state index in [0.717, 1.165) is 12.8 Å². The molecular formula is C49H86N6O10. The highest BCUT2D eigenvalue weighted by Gasteiger charge is 2.41. The minimum atomic E-state index is -1.32. The smallest absolute Gasteiger partial charge is 0.306 e. The Morgan fingerprint density at radius 3 is 1.83 bits per heavy atom. The first-order valence-electron chi connectivity index (χ1n) is 24.3. The SMILES string of the molecule is CCCCCCCCCCCCCCCC(=O)NCCOCCOCC(=O)NCCCC[C@H](CC(=O)C(C)(C)CC(=O)C(C)(C)CC(=O)C(C)(C)NC(=O)[C@@H](N)Cc1cnc[nH]1)C(=O)O. The average molecular weight is 919 g/mol. The summed E-state index contributed by atoms with van der Waals surface area (Å²) in [5, 5.41) is 18.2. The molecule has 0 aliphatic carbocycles. The Kier molecular flexibility index (Phi) is 29.6. The second-order valence-electron chi connectivity index (χ2n) is 19.5. The Morgan fingerprint density at radius 2 is 1.25 bits per heavy atom. The standard InChI is InChI=1S/C49H86N6O10/c1-8-9-10-11-12-13-14-15-16-17-18-19-20-24-43(59)53-26-27-64-28-29-65-35-44(60)52-25-22-21-23-37(46(62)63)30-40(56)47(2,3)32-41(57)48(4,5)33-42(58)49(6,7)55-45(61)39(50)31-38-34-51-36-54-38/h34,36-37,39H,8-33,35,50H2,1-7H3,(H,51,54)(H,52,60)(H,53,59)(H,55,61)(H,62,63)/t37-,39+/m1/s1. The van der Waals surface area contributed by atoms with Crippen LogP contribution in [0.1, 0.15) is 183 Å². The highest BCUT2D eigenvalue weighted by atomic mass is 16.5. The Morgan fingerprint density at radius 1 is 0.692 bits per heavy atom. The molecule has 1 rings (SSSR count). The van der Waals surface area contributed by atoms with Crippen LogP contribution in [0.5, 0.6) is 0 Å². The predicted molar refractivity (Wildman–Crippen MR) is 252 cm³/mol. The van der Waals surface area contributed by atoms with Crippen molar-refractivity contribution in [3.05, 3.63) is 18.2 Å². The van der Waals surface area contributed by atoms with Gasteiger partial charge >= 0.3 is 5.97 Å². The van der Waals surface area contributed by atoms with E-state index in [-0.39, 0.29) is 81.1 Å². The molecule has 0 aromatic carbocycles. The maximum atomic E-state index is 13.5. The van der Waals surface area contributed by atoms with Gasteiger partial charge in [-0.05, 0) is 33.1 Å². The second-order valence-corrected chi connectivity index (χ2v) is 19.5. The Balaban J connectivity index is 2.23. The van der Waals surface area contributed by atoms with Crippen molar-refractivity contribution < 1.29 is 48.1 Å². The maximum absolute atomic E-state index is 13.5. The molecule has 3 amide bonds. The van der Waals surface area contributed by atoms with Crippen molar-refractivity contribution in [1.82, 2.24) is 25.9 Å². The van der Waals surface area contributed by atoms with E-state index in [1.54, 1.807) is 47.7 Å². The van der Waals surface area contributed by atoms with E-state index >= 15 is 0 Å². The number of carbonyl (C=O) groups is 7. The number of Topliss-reactive ketones (excluding diaryl/α,β-unsaturated/α-hetero) is 3. The van der Waals surface area contributed by atoms with E-state index < -0.39 is 40.2 Å². The van der Waals surface area contributed by atoms with Gasteiger partial charge in [-0.3, -0.25) is 33.6 Å². The van der Waals surface area contributed by atoms with E-state index in [1.165, 1.54) is 77.0 Å². The van der Waals surface area contributed by atoms with E-state index in [1.807, 2.05) is 0 Å². The number of ether oxygens (including phenoxy) is 2. The number of aromatic nitrogens is 2. The van der Waals surface area contributed by atoms with Gasteiger partial charge < -0.3 is 41.2 Å². The van der Waals surface area contributed by atoms with Gasteiger partial charge in [0.15, 0.2) is 5.78 Å². The van der Waals surface area contributed by atoms with Crippen molar-refractivity contribution in [1.29, 1.82) is 0 Å². The highest BCUT2D eigenvalue weighted by Crippen LogP contribution is 2.34. The number of hydrogen-bond donors (Lipinski definition) is 6. The summed E-state index contributed by atoms with van der Waals surface area (Å²) < 4.78 is 10.9. The van der Waals surface area contributed by atoms with Crippen LogP contribution in [-0.2, 0) is 49.5 Å². The van der Waals surface area contributed by atoms with Gasteiger partial charge in [-0.2, -0.15) is 0 Å². The molecule has 0 aliphatic rings. The molecular weight excluding hydrogens is 833 g/mol. The summed E-state index contributed by atoms with van der Waals surface area (Å²) in [6, 6.07) is -0.926. The molecule has 372 valence electrons. The summed E-state index contributed by atoms with van der Waals surface area (Å²) >= 11 is 0. The van der Waals surface area contributed by atoms with Gasteiger partial charge in [0, 0.05) is 67.9 Å². The second kappa shape index (κ2) is 32.6. The number of aromatic amines is 1. The van der Waals surface area contributed by atoms with Crippen LogP contribution < -0.4 is 21.7 Å².